The minimum absolute atomic E-state index is 0.662. The van der Waals surface area contributed by atoms with Gasteiger partial charge in [-0.15, -0.1) is 26.3 Å². The first-order chi connectivity index (χ1) is 8.32. The highest BCUT2D eigenvalue weighted by molar-refractivity contribution is 8.02. The van der Waals surface area contributed by atoms with Gasteiger partial charge in [0.1, 0.15) is 11.1 Å². The molecule has 0 saturated carbocycles. The van der Waals surface area contributed by atoms with Crippen LogP contribution in [0.5, 0.6) is 0 Å². The zero-order valence-corrected chi connectivity index (χ0v) is 10.9. The fraction of sp³-hybridized carbons (Fsp3) is 0.750. The van der Waals surface area contributed by atoms with E-state index in [1.807, 2.05) is 0 Å². The van der Waals surface area contributed by atoms with Crippen molar-refractivity contribution in [1.29, 1.82) is 0 Å². The van der Waals surface area contributed by atoms with E-state index in [0.29, 0.717) is 6.26 Å². The van der Waals surface area contributed by atoms with E-state index in [1.54, 1.807) is 0 Å². The molecule has 0 bridgehead atoms. The molecule has 0 aromatic rings. The molecule has 0 spiro atoms. The van der Waals surface area contributed by atoms with Crippen molar-refractivity contribution >= 4 is 33.2 Å². The summed E-state index contributed by atoms with van der Waals surface area (Å²) < 4.78 is 110. The predicted octanol–water partition coefficient (Wildman–Crippen LogP) is 1.14. The Morgan fingerprint density at radius 2 is 1.16 bits per heavy atom. The summed E-state index contributed by atoms with van der Waals surface area (Å²) in [5, 5.41) is 0. The highest BCUT2D eigenvalue weighted by atomic mass is 32.3. The van der Waals surface area contributed by atoms with Gasteiger partial charge in [-0.2, -0.15) is 0 Å². The number of halogens is 6. The van der Waals surface area contributed by atoms with E-state index in [1.165, 1.54) is 0 Å². The topological polar surface area (TPSA) is 78.9 Å². The maximum Gasteiger partial charge on any atom is 0.533 e. The summed E-state index contributed by atoms with van der Waals surface area (Å²) >= 11 is -10.0. The van der Waals surface area contributed by atoms with Crippen molar-refractivity contribution in [2.45, 2.75) is 12.7 Å². The summed E-state index contributed by atoms with van der Waals surface area (Å²) in [5.74, 6) is 0. The van der Waals surface area contributed by atoms with Gasteiger partial charge in [-0.1, -0.05) is 0 Å². The number of hydrogen-bond donors (Lipinski definition) is 0. The van der Waals surface area contributed by atoms with Crippen molar-refractivity contribution in [3.63, 3.8) is 0 Å². The smallest absolute Gasteiger partial charge is 0.433 e. The van der Waals surface area contributed by atoms with Crippen LogP contribution in [0.1, 0.15) is 0 Å². The molecule has 0 aliphatic heterocycles. The van der Waals surface area contributed by atoms with Gasteiger partial charge in [-0.05, 0) is 0 Å². The molecule has 0 radical (unpaired) electrons. The van der Waals surface area contributed by atoms with Crippen LogP contribution in [0.3, 0.4) is 0 Å². The second-order valence-electron chi connectivity index (χ2n) is 2.26. The molecule has 6 nitrogen and oxygen atoms in total. The van der Waals surface area contributed by atoms with Gasteiger partial charge in [0.2, 0.25) is 0 Å². The Morgan fingerprint density at radius 1 is 0.842 bits per heavy atom. The van der Waals surface area contributed by atoms with E-state index in [-0.39, 0.29) is 0 Å². The molecule has 3 unspecified atom stereocenters. The molecule has 0 N–H and O–H groups in total. The first kappa shape index (κ1) is 18.9. The van der Waals surface area contributed by atoms with Crippen molar-refractivity contribution in [1.82, 2.24) is 0 Å². The molecular formula is C4H3F6O6S3-. The van der Waals surface area contributed by atoms with Crippen molar-refractivity contribution in [2.24, 2.45) is 0 Å². The molecule has 3 atom stereocenters. The first-order valence-corrected chi connectivity index (χ1v) is 7.20. The van der Waals surface area contributed by atoms with Crippen molar-refractivity contribution in [3.8, 4) is 0 Å². The predicted molar refractivity (Wildman–Crippen MR) is 49.0 cm³/mol. The van der Waals surface area contributed by atoms with E-state index < -0.39 is 50.7 Å². The molecule has 116 valence electrons. The van der Waals surface area contributed by atoms with E-state index >= 15 is 0 Å². The van der Waals surface area contributed by atoms with Crippen LogP contribution in [-0.2, 0) is 45.8 Å². The van der Waals surface area contributed by atoms with Gasteiger partial charge in [0.15, 0.2) is 0 Å². The van der Waals surface area contributed by atoms with Crippen LogP contribution in [0, 0.1) is 4.77 Å². The van der Waals surface area contributed by atoms with Gasteiger partial charge in [0.05, 0.1) is 0 Å². The average Bonchev–Trinajstić information content (AvgIpc) is 2.07. The molecule has 0 aliphatic rings. The summed E-state index contributed by atoms with van der Waals surface area (Å²) in [4.78, 5) is 0. The van der Waals surface area contributed by atoms with Crippen LogP contribution < -0.4 is 0 Å². The van der Waals surface area contributed by atoms with Gasteiger partial charge in [0.25, 0.3) is 0 Å². The monoisotopic (exact) mass is 357 g/mol. The van der Waals surface area contributed by atoms with Crippen molar-refractivity contribution in [3.05, 3.63) is 4.77 Å². The Labute approximate surface area is 109 Å². The van der Waals surface area contributed by atoms with Crippen molar-refractivity contribution < 1.29 is 51.5 Å². The second-order valence-corrected chi connectivity index (χ2v) is 5.50. The lowest BCUT2D eigenvalue weighted by atomic mass is 11.4. The molecular weight excluding hydrogens is 354 g/mol. The van der Waals surface area contributed by atoms with Crippen LogP contribution in [0.25, 0.3) is 0 Å². The largest absolute Gasteiger partial charge is 0.533 e. The third-order valence-electron chi connectivity index (χ3n) is 0.798. The lowest BCUT2D eigenvalue weighted by Gasteiger charge is -2.27. The number of alkyl halides is 6. The third-order valence-corrected chi connectivity index (χ3v) is 3.62. The maximum absolute atomic E-state index is 11.7. The van der Waals surface area contributed by atoms with Gasteiger partial charge < -0.3 is 4.18 Å². The Hall–Kier alpha value is -0.0900. The fourth-order valence-electron chi connectivity index (χ4n) is 0.447. The van der Waals surface area contributed by atoms with Crippen LogP contribution in [0.15, 0.2) is 0 Å². The molecule has 0 aliphatic carbocycles. The van der Waals surface area contributed by atoms with Gasteiger partial charge in [-0.25, -0.2) is 12.6 Å². The lowest BCUT2D eigenvalue weighted by Crippen LogP contribution is -2.28. The summed E-state index contributed by atoms with van der Waals surface area (Å²) in [6.45, 7) is 0. The van der Waals surface area contributed by atoms with Crippen molar-refractivity contribution in [2.75, 3.05) is 6.26 Å². The Bertz CT molecular complexity index is 350. The molecule has 19 heavy (non-hydrogen) atoms. The standard InChI is InChI=1S/C4H3F6O6S3/c1-17(11)14-2(18(12)15-3(5,6)7)19(13)16-4(8,9)10/h1H3/q-1. The Morgan fingerprint density at radius 3 is 1.37 bits per heavy atom. The molecule has 0 amide bonds. The molecule has 0 heterocycles. The minimum atomic E-state index is -5.52. The van der Waals surface area contributed by atoms with Crippen LogP contribution in [0.4, 0.5) is 26.3 Å². The van der Waals surface area contributed by atoms with Crippen LogP contribution in [-0.4, -0.2) is 31.6 Å². The Kier molecular flexibility index (Phi) is 7.04. The van der Waals surface area contributed by atoms with E-state index in [9.17, 15) is 39.0 Å². The molecule has 0 fully saturated rings. The zero-order valence-electron chi connectivity index (χ0n) is 8.44. The van der Waals surface area contributed by atoms with Gasteiger partial charge in [0, 0.05) is 33.2 Å². The zero-order chi connectivity index (χ0) is 15.4. The van der Waals surface area contributed by atoms with Crippen LogP contribution in [0.2, 0.25) is 0 Å². The Balaban J connectivity index is 4.95. The quantitative estimate of drug-likeness (QED) is 0.524. The van der Waals surface area contributed by atoms with Gasteiger partial charge >= 0.3 is 12.7 Å². The highest BCUT2D eigenvalue weighted by Gasteiger charge is 2.37. The maximum atomic E-state index is 11.7. The normalized spacial score (nSPS) is 18.3. The molecule has 0 rings (SSSR count). The molecule has 0 saturated heterocycles. The van der Waals surface area contributed by atoms with Gasteiger partial charge in [-0.3, -0.25) is 8.42 Å². The van der Waals surface area contributed by atoms with Crippen LogP contribution >= 0.6 is 0 Å². The highest BCUT2D eigenvalue weighted by Crippen LogP contribution is 2.29. The first-order valence-electron chi connectivity index (χ1n) is 3.56. The number of hydrogen-bond acceptors (Lipinski definition) is 6. The SMILES string of the molecule is CS(=O)O[C-](S(=O)OC(F)(F)F)S(=O)OC(F)(F)F. The molecule has 0 aromatic carbocycles. The van der Waals surface area contributed by atoms with E-state index in [2.05, 4.69) is 12.5 Å². The third kappa shape index (κ3) is 9.44. The summed E-state index contributed by atoms with van der Waals surface area (Å²) in [6, 6.07) is 0. The fourth-order valence-corrected chi connectivity index (χ4v) is 2.79. The molecule has 15 heteroatoms. The average molecular weight is 357 g/mol. The second kappa shape index (κ2) is 7.07. The summed E-state index contributed by atoms with van der Waals surface area (Å²) in [5.41, 5.74) is 0. The minimum Gasteiger partial charge on any atom is -0.433 e. The van der Waals surface area contributed by atoms with E-state index in [0.717, 1.165) is 0 Å². The molecule has 0 aromatic heterocycles. The summed E-state index contributed by atoms with van der Waals surface area (Å²) in [7, 11) is 0. The summed E-state index contributed by atoms with van der Waals surface area (Å²) in [6.07, 6.45) is -10.4. The lowest BCUT2D eigenvalue weighted by molar-refractivity contribution is -0.270. The number of rotatable bonds is 6. The van der Waals surface area contributed by atoms with E-state index in [4.69, 9.17) is 0 Å².